The zero-order valence-electron chi connectivity index (χ0n) is 13.1. The molecule has 0 fully saturated rings. The largest absolute Gasteiger partial charge is 0.372 e. The van der Waals surface area contributed by atoms with Crippen LogP contribution in [0.3, 0.4) is 0 Å². The summed E-state index contributed by atoms with van der Waals surface area (Å²) in [5.74, 6) is 0.0600. The Bertz CT molecular complexity index is 462. The summed E-state index contributed by atoms with van der Waals surface area (Å²) >= 11 is 0. The minimum Gasteiger partial charge on any atom is -0.372 e. The maximum atomic E-state index is 12.3. The number of anilines is 1. The third-order valence-corrected chi connectivity index (χ3v) is 3.76. The third-order valence-electron chi connectivity index (χ3n) is 3.76. The first-order chi connectivity index (χ1) is 10.3. The van der Waals surface area contributed by atoms with Gasteiger partial charge < -0.3 is 15.0 Å². The first-order valence-electron chi connectivity index (χ1n) is 7.98. The number of carbonyl (C=O) groups is 1. The SMILES string of the molecule is CCCNC1CCN(C(=O)COCCC)c2ccccc21. The molecule has 1 aliphatic heterocycles. The van der Waals surface area contributed by atoms with Crippen LogP contribution in [0, 0.1) is 0 Å². The Hall–Kier alpha value is -1.39. The molecular weight excluding hydrogens is 264 g/mol. The van der Waals surface area contributed by atoms with Crippen molar-refractivity contribution in [3.8, 4) is 0 Å². The van der Waals surface area contributed by atoms with Gasteiger partial charge in [-0.2, -0.15) is 0 Å². The monoisotopic (exact) mass is 290 g/mol. The van der Waals surface area contributed by atoms with Crippen LogP contribution in [0.15, 0.2) is 24.3 Å². The van der Waals surface area contributed by atoms with Crippen LogP contribution in [0.5, 0.6) is 0 Å². The average Bonchev–Trinajstić information content (AvgIpc) is 2.52. The highest BCUT2D eigenvalue weighted by Crippen LogP contribution is 2.33. The molecule has 0 bridgehead atoms. The van der Waals surface area contributed by atoms with E-state index in [4.69, 9.17) is 4.74 Å². The van der Waals surface area contributed by atoms with Crippen molar-refractivity contribution in [3.63, 3.8) is 0 Å². The van der Waals surface area contributed by atoms with E-state index in [1.807, 2.05) is 30.0 Å². The Morgan fingerprint density at radius 2 is 2.14 bits per heavy atom. The highest BCUT2D eigenvalue weighted by molar-refractivity contribution is 5.95. The Morgan fingerprint density at radius 3 is 2.90 bits per heavy atom. The Labute approximate surface area is 127 Å². The van der Waals surface area contributed by atoms with Crippen molar-refractivity contribution in [1.29, 1.82) is 0 Å². The highest BCUT2D eigenvalue weighted by Gasteiger charge is 2.27. The Kier molecular flexibility index (Phi) is 6.21. The number of hydrogen-bond acceptors (Lipinski definition) is 3. The topological polar surface area (TPSA) is 41.6 Å². The predicted molar refractivity (Wildman–Crippen MR) is 85.6 cm³/mol. The Balaban J connectivity index is 2.09. The van der Waals surface area contributed by atoms with E-state index in [9.17, 15) is 4.79 Å². The number of ether oxygens (including phenoxy) is 1. The first kappa shape index (κ1) is 16.0. The van der Waals surface area contributed by atoms with Crippen LogP contribution in [-0.2, 0) is 9.53 Å². The minimum absolute atomic E-state index is 0.0600. The van der Waals surface area contributed by atoms with Crippen molar-refractivity contribution in [2.24, 2.45) is 0 Å². The molecule has 0 radical (unpaired) electrons. The third kappa shape index (κ3) is 4.05. The number of amides is 1. The van der Waals surface area contributed by atoms with E-state index in [0.717, 1.165) is 38.0 Å². The van der Waals surface area contributed by atoms with Crippen LogP contribution in [0.25, 0.3) is 0 Å². The molecule has 21 heavy (non-hydrogen) atoms. The maximum absolute atomic E-state index is 12.3. The fourth-order valence-corrected chi connectivity index (χ4v) is 2.73. The number of carbonyl (C=O) groups excluding carboxylic acids is 1. The van der Waals surface area contributed by atoms with Gasteiger partial charge in [-0.15, -0.1) is 0 Å². The lowest BCUT2D eigenvalue weighted by molar-refractivity contribution is -0.123. The molecule has 1 aromatic carbocycles. The molecule has 0 saturated carbocycles. The van der Waals surface area contributed by atoms with Gasteiger partial charge in [0.25, 0.3) is 5.91 Å². The number of benzene rings is 1. The van der Waals surface area contributed by atoms with Gasteiger partial charge in [0, 0.05) is 24.9 Å². The van der Waals surface area contributed by atoms with E-state index in [0.29, 0.717) is 12.6 Å². The standard InChI is InChI=1S/C17H26N2O2/c1-3-10-18-15-9-11-19(17(20)13-21-12-4-2)16-8-6-5-7-14(15)16/h5-8,15,18H,3-4,9-13H2,1-2H3. The number of hydrogen-bond donors (Lipinski definition) is 1. The second kappa shape index (κ2) is 8.15. The molecule has 1 heterocycles. The lowest BCUT2D eigenvalue weighted by Crippen LogP contribution is -2.41. The second-order valence-corrected chi connectivity index (χ2v) is 5.45. The number of rotatable bonds is 7. The summed E-state index contributed by atoms with van der Waals surface area (Å²) in [6.45, 7) is 6.80. The molecule has 1 aromatic rings. The summed E-state index contributed by atoms with van der Waals surface area (Å²) in [5, 5.41) is 3.57. The molecule has 1 aliphatic rings. The molecule has 4 nitrogen and oxygen atoms in total. The number of fused-ring (bicyclic) bond motifs is 1. The van der Waals surface area contributed by atoms with Gasteiger partial charge in [0.05, 0.1) is 0 Å². The van der Waals surface area contributed by atoms with E-state index in [-0.39, 0.29) is 12.5 Å². The summed E-state index contributed by atoms with van der Waals surface area (Å²) in [7, 11) is 0. The van der Waals surface area contributed by atoms with Crippen LogP contribution < -0.4 is 10.2 Å². The summed E-state index contributed by atoms with van der Waals surface area (Å²) in [6, 6.07) is 8.54. The van der Waals surface area contributed by atoms with Gasteiger partial charge in [0.1, 0.15) is 6.61 Å². The van der Waals surface area contributed by atoms with Crippen LogP contribution in [0.2, 0.25) is 0 Å². The van der Waals surface area contributed by atoms with Gasteiger partial charge in [0.15, 0.2) is 0 Å². The lowest BCUT2D eigenvalue weighted by Gasteiger charge is -2.34. The zero-order valence-corrected chi connectivity index (χ0v) is 13.1. The smallest absolute Gasteiger partial charge is 0.252 e. The predicted octanol–water partition coefficient (Wildman–Crippen LogP) is 2.89. The van der Waals surface area contributed by atoms with Gasteiger partial charge >= 0.3 is 0 Å². The van der Waals surface area contributed by atoms with Gasteiger partial charge in [-0.05, 0) is 37.4 Å². The van der Waals surface area contributed by atoms with Crippen molar-refractivity contribution >= 4 is 11.6 Å². The molecular formula is C17H26N2O2. The van der Waals surface area contributed by atoms with Gasteiger partial charge in [-0.3, -0.25) is 4.79 Å². The summed E-state index contributed by atoms with van der Waals surface area (Å²) < 4.78 is 5.40. The van der Waals surface area contributed by atoms with Crippen molar-refractivity contribution < 1.29 is 9.53 Å². The molecule has 116 valence electrons. The van der Waals surface area contributed by atoms with E-state index >= 15 is 0 Å². The van der Waals surface area contributed by atoms with Crippen LogP contribution >= 0.6 is 0 Å². The molecule has 2 rings (SSSR count). The molecule has 1 unspecified atom stereocenters. The van der Waals surface area contributed by atoms with E-state index in [1.54, 1.807) is 0 Å². The second-order valence-electron chi connectivity index (χ2n) is 5.45. The van der Waals surface area contributed by atoms with E-state index in [2.05, 4.69) is 18.3 Å². The first-order valence-corrected chi connectivity index (χ1v) is 7.98. The maximum Gasteiger partial charge on any atom is 0.252 e. The normalized spacial score (nSPS) is 17.6. The summed E-state index contributed by atoms with van der Waals surface area (Å²) in [4.78, 5) is 14.2. The fraction of sp³-hybridized carbons (Fsp3) is 0.588. The number of nitrogens with zero attached hydrogens (tertiary/aromatic N) is 1. The lowest BCUT2D eigenvalue weighted by atomic mass is 9.96. The quantitative estimate of drug-likeness (QED) is 0.785. The molecule has 0 aromatic heterocycles. The molecule has 0 saturated heterocycles. The minimum atomic E-state index is 0.0600. The molecule has 1 atom stereocenters. The fourth-order valence-electron chi connectivity index (χ4n) is 2.73. The van der Waals surface area contributed by atoms with Crippen molar-refractivity contribution in [3.05, 3.63) is 29.8 Å². The number of nitrogens with one attached hydrogen (secondary N) is 1. The van der Waals surface area contributed by atoms with Crippen LogP contribution in [-0.4, -0.2) is 32.2 Å². The average molecular weight is 290 g/mol. The molecule has 4 heteroatoms. The van der Waals surface area contributed by atoms with Crippen molar-refractivity contribution in [2.75, 3.05) is 31.2 Å². The highest BCUT2D eigenvalue weighted by atomic mass is 16.5. The molecule has 1 amide bonds. The Morgan fingerprint density at radius 1 is 1.33 bits per heavy atom. The molecule has 0 spiro atoms. The molecule has 0 aliphatic carbocycles. The van der Waals surface area contributed by atoms with Gasteiger partial charge in [0.2, 0.25) is 0 Å². The van der Waals surface area contributed by atoms with Crippen molar-refractivity contribution in [1.82, 2.24) is 5.32 Å². The van der Waals surface area contributed by atoms with E-state index in [1.165, 1.54) is 5.56 Å². The van der Waals surface area contributed by atoms with E-state index < -0.39 is 0 Å². The van der Waals surface area contributed by atoms with Crippen molar-refractivity contribution in [2.45, 2.75) is 39.2 Å². The zero-order chi connectivity index (χ0) is 15.1. The summed E-state index contributed by atoms with van der Waals surface area (Å²) in [5.41, 5.74) is 2.25. The van der Waals surface area contributed by atoms with Crippen LogP contribution in [0.4, 0.5) is 5.69 Å². The number of para-hydroxylation sites is 1. The van der Waals surface area contributed by atoms with Crippen LogP contribution in [0.1, 0.15) is 44.7 Å². The van der Waals surface area contributed by atoms with Gasteiger partial charge in [-0.25, -0.2) is 0 Å². The summed E-state index contributed by atoms with van der Waals surface area (Å²) in [6.07, 6.45) is 3.01. The van der Waals surface area contributed by atoms with Gasteiger partial charge in [-0.1, -0.05) is 32.0 Å². The molecule has 1 N–H and O–H groups in total.